The van der Waals surface area contributed by atoms with E-state index in [2.05, 4.69) is 15.9 Å². The van der Waals surface area contributed by atoms with E-state index in [0.717, 1.165) is 5.56 Å². The van der Waals surface area contributed by atoms with Crippen LogP contribution in [-0.4, -0.2) is 5.11 Å². The summed E-state index contributed by atoms with van der Waals surface area (Å²) in [6.07, 6.45) is 0. The van der Waals surface area contributed by atoms with Crippen LogP contribution < -0.4 is 4.74 Å². The van der Waals surface area contributed by atoms with E-state index in [-0.39, 0.29) is 12.4 Å². The van der Waals surface area contributed by atoms with Crippen molar-refractivity contribution >= 4 is 15.9 Å². The van der Waals surface area contributed by atoms with Gasteiger partial charge < -0.3 is 9.84 Å². The lowest BCUT2D eigenvalue weighted by Gasteiger charge is -2.08. The molecule has 0 amide bonds. The summed E-state index contributed by atoms with van der Waals surface area (Å²) < 4.78 is 19.2. The zero-order valence-electron chi connectivity index (χ0n) is 8.86. The van der Waals surface area contributed by atoms with Crippen LogP contribution in [0.2, 0.25) is 0 Å². The summed E-state index contributed by atoms with van der Waals surface area (Å²) in [5.74, 6) is 0.667. The van der Waals surface area contributed by atoms with Crippen LogP contribution >= 0.6 is 15.9 Å². The second-order valence-electron chi connectivity index (χ2n) is 3.48. The topological polar surface area (TPSA) is 29.5 Å². The minimum Gasteiger partial charge on any atom is -0.456 e. The minimum atomic E-state index is -0.342. The van der Waals surface area contributed by atoms with Crippen LogP contribution in [0, 0.1) is 5.82 Å². The molecule has 0 saturated heterocycles. The molecule has 2 nitrogen and oxygen atoms in total. The Balaban J connectivity index is 2.24. The Morgan fingerprint density at radius 2 is 2.00 bits per heavy atom. The van der Waals surface area contributed by atoms with Gasteiger partial charge in [-0.2, -0.15) is 0 Å². The molecular formula is C13H10BrFO2. The molecule has 4 heteroatoms. The standard InChI is InChI=1S/C13H10BrFO2/c14-12-6-9(8-16)4-5-13(12)17-11-3-1-2-10(15)7-11/h1-7,16H,8H2. The van der Waals surface area contributed by atoms with Crippen molar-refractivity contribution in [3.05, 3.63) is 58.3 Å². The van der Waals surface area contributed by atoms with Crippen LogP contribution in [0.25, 0.3) is 0 Å². The van der Waals surface area contributed by atoms with Gasteiger partial charge in [-0.15, -0.1) is 0 Å². The van der Waals surface area contributed by atoms with Gasteiger partial charge in [-0.1, -0.05) is 12.1 Å². The Labute approximate surface area is 107 Å². The highest BCUT2D eigenvalue weighted by molar-refractivity contribution is 9.10. The average Bonchev–Trinajstić information content (AvgIpc) is 2.32. The van der Waals surface area contributed by atoms with Gasteiger partial charge in [-0.25, -0.2) is 4.39 Å². The second-order valence-corrected chi connectivity index (χ2v) is 4.34. The van der Waals surface area contributed by atoms with E-state index in [9.17, 15) is 4.39 Å². The third kappa shape index (κ3) is 3.05. The predicted molar refractivity (Wildman–Crippen MR) is 66.5 cm³/mol. The number of aliphatic hydroxyl groups excluding tert-OH is 1. The molecule has 17 heavy (non-hydrogen) atoms. The lowest BCUT2D eigenvalue weighted by atomic mass is 10.2. The molecule has 88 valence electrons. The van der Waals surface area contributed by atoms with Crippen LogP contribution in [0.5, 0.6) is 11.5 Å². The van der Waals surface area contributed by atoms with Gasteiger partial charge in [0.1, 0.15) is 17.3 Å². The summed E-state index contributed by atoms with van der Waals surface area (Å²) in [7, 11) is 0. The van der Waals surface area contributed by atoms with E-state index in [0.29, 0.717) is 16.0 Å². The fraction of sp³-hybridized carbons (Fsp3) is 0.0769. The van der Waals surface area contributed by atoms with Gasteiger partial charge >= 0.3 is 0 Å². The number of rotatable bonds is 3. The molecule has 2 aromatic carbocycles. The Morgan fingerprint density at radius 3 is 2.65 bits per heavy atom. The van der Waals surface area contributed by atoms with Crippen molar-refractivity contribution in [3.63, 3.8) is 0 Å². The van der Waals surface area contributed by atoms with Crippen LogP contribution in [-0.2, 0) is 6.61 Å². The molecule has 0 unspecified atom stereocenters. The fourth-order valence-electron chi connectivity index (χ4n) is 1.38. The van der Waals surface area contributed by atoms with Crippen molar-refractivity contribution in [2.24, 2.45) is 0 Å². The van der Waals surface area contributed by atoms with Gasteiger partial charge in [0.2, 0.25) is 0 Å². The highest BCUT2D eigenvalue weighted by Crippen LogP contribution is 2.30. The van der Waals surface area contributed by atoms with Crippen molar-refractivity contribution in [3.8, 4) is 11.5 Å². The van der Waals surface area contributed by atoms with Crippen LogP contribution in [0.15, 0.2) is 46.9 Å². The number of aliphatic hydroxyl groups is 1. The quantitative estimate of drug-likeness (QED) is 0.931. The molecule has 0 aromatic heterocycles. The highest BCUT2D eigenvalue weighted by Gasteiger charge is 2.04. The summed E-state index contributed by atoms with van der Waals surface area (Å²) in [5, 5.41) is 8.97. The molecule has 0 saturated carbocycles. The molecule has 0 spiro atoms. The maximum Gasteiger partial charge on any atom is 0.141 e. The van der Waals surface area contributed by atoms with E-state index < -0.39 is 0 Å². The monoisotopic (exact) mass is 296 g/mol. The first-order chi connectivity index (χ1) is 8.19. The van der Waals surface area contributed by atoms with Gasteiger partial charge in [-0.05, 0) is 45.8 Å². The maximum atomic E-state index is 13.0. The van der Waals surface area contributed by atoms with Crippen molar-refractivity contribution < 1.29 is 14.2 Å². The molecule has 0 bridgehead atoms. The Hall–Kier alpha value is -1.39. The average molecular weight is 297 g/mol. The largest absolute Gasteiger partial charge is 0.456 e. The predicted octanol–water partition coefficient (Wildman–Crippen LogP) is 3.87. The summed E-state index contributed by atoms with van der Waals surface area (Å²) in [5.41, 5.74) is 0.781. The Morgan fingerprint density at radius 1 is 1.18 bits per heavy atom. The maximum absolute atomic E-state index is 13.0. The van der Waals surface area contributed by atoms with Gasteiger partial charge in [0.25, 0.3) is 0 Å². The molecule has 0 fully saturated rings. The molecule has 0 aliphatic heterocycles. The molecule has 0 heterocycles. The number of ether oxygens (including phenoxy) is 1. The number of hydrogen-bond donors (Lipinski definition) is 1. The summed E-state index contributed by atoms with van der Waals surface area (Å²) in [4.78, 5) is 0. The molecule has 0 atom stereocenters. The zero-order valence-corrected chi connectivity index (χ0v) is 10.4. The van der Waals surface area contributed by atoms with Crippen molar-refractivity contribution in [1.82, 2.24) is 0 Å². The third-order valence-corrected chi connectivity index (χ3v) is 2.82. The number of halogens is 2. The SMILES string of the molecule is OCc1ccc(Oc2cccc(F)c2)c(Br)c1. The summed E-state index contributed by atoms with van der Waals surface area (Å²) in [6, 6.07) is 11.2. The minimum absolute atomic E-state index is 0.0289. The first kappa shape index (κ1) is 12.1. The van der Waals surface area contributed by atoms with E-state index in [1.54, 1.807) is 30.3 Å². The smallest absolute Gasteiger partial charge is 0.141 e. The van der Waals surface area contributed by atoms with Crippen molar-refractivity contribution in [2.75, 3.05) is 0 Å². The lowest BCUT2D eigenvalue weighted by molar-refractivity contribution is 0.281. The number of hydrogen-bond acceptors (Lipinski definition) is 2. The van der Waals surface area contributed by atoms with E-state index >= 15 is 0 Å². The van der Waals surface area contributed by atoms with E-state index in [1.807, 2.05) is 0 Å². The summed E-state index contributed by atoms with van der Waals surface area (Å²) in [6.45, 7) is -0.0289. The van der Waals surface area contributed by atoms with Crippen LogP contribution in [0.4, 0.5) is 4.39 Å². The zero-order chi connectivity index (χ0) is 12.3. The van der Waals surface area contributed by atoms with E-state index in [1.165, 1.54) is 12.1 Å². The molecular weight excluding hydrogens is 287 g/mol. The summed E-state index contributed by atoms with van der Waals surface area (Å²) >= 11 is 3.33. The van der Waals surface area contributed by atoms with Crippen LogP contribution in [0.1, 0.15) is 5.56 Å². The molecule has 0 aliphatic carbocycles. The normalized spacial score (nSPS) is 10.3. The molecule has 2 aromatic rings. The van der Waals surface area contributed by atoms with Gasteiger partial charge in [-0.3, -0.25) is 0 Å². The lowest BCUT2D eigenvalue weighted by Crippen LogP contribution is -1.88. The first-order valence-electron chi connectivity index (χ1n) is 5.02. The fourth-order valence-corrected chi connectivity index (χ4v) is 1.89. The second kappa shape index (κ2) is 5.29. The molecule has 2 rings (SSSR count). The third-order valence-electron chi connectivity index (χ3n) is 2.20. The van der Waals surface area contributed by atoms with E-state index in [4.69, 9.17) is 9.84 Å². The van der Waals surface area contributed by atoms with Crippen molar-refractivity contribution in [1.29, 1.82) is 0 Å². The Bertz CT molecular complexity index is 529. The molecule has 0 radical (unpaired) electrons. The van der Waals surface area contributed by atoms with Crippen molar-refractivity contribution in [2.45, 2.75) is 6.61 Å². The highest BCUT2D eigenvalue weighted by atomic mass is 79.9. The molecule has 0 aliphatic rings. The van der Waals surface area contributed by atoms with Gasteiger partial charge in [0.05, 0.1) is 11.1 Å². The first-order valence-corrected chi connectivity index (χ1v) is 5.81. The Kier molecular flexibility index (Phi) is 3.76. The van der Waals surface area contributed by atoms with Gasteiger partial charge in [0, 0.05) is 6.07 Å². The number of benzene rings is 2. The van der Waals surface area contributed by atoms with Gasteiger partial charge in [0.15, 0.2) is 0 Å². The van der Waals surface area contributed by atoms with Crippen LogP contribution in [0.3, 0.4) is 0 Å². The molecule has 1 N–H and O–H groups in total.